The fourth-order valence-electron chi connectivity index (χ4n) is 3.00. The van der Waals surface area contributed by atoms with Crippen LogP contribution in [0, 0.1) is 12.8 Å². The number of hydrogen-bond acceptors (Lipinski definition) is 3. The molecule has 0 spiro atoms. The summed E-state index contributed by atoms with van der Waals surface area (Å²) in [5.41, 5.74) is 1.96. The Morgan fingerprint density at radius 3 is 3.09 bits per heavy atom. The van der Waals surface area contributed by atoms with E-state index in [9.17, 15) is 4.79 Å². The van der Waals surface area contributed by atoms with Crippen molar-refractivity contribution >= 4 is 22.9 Å². The number of thiophene rings is 1. The first-order chi connectivity index (χ1) is 11.2. The van der Waals surface area contributed by atoms with E-state index in [-0.39, 0.29) is 11.8 Å². The van der Waals surface area contributed by atoms with E-state index < -0.39 is 0 Å². The molecule has 1 saturated carbocycles. The normalized spacial score (nSPS) is 19.9. The minimum absolute atomic E-state index is 0.161. The van der Waals surface area contributed by atoms with E-state index in [1.165, 1.54) is 9.75 Å². The molecule has 5 heteroatoms. The van der Waals surface area contributed by atoms with Gasteiger partial charge in [0.1, 0.15) is 5.65 Å². The smallest absolute Gasteiger partial charge is 0.223 e. The highest BCUT2D eigenvalue weighted by molar-refractivity contribution is 7.12. The van der Waals surface area contributed by atoms with E-state index >= 15 is 0 Å². The van der Waals surface area contributed by atoms with E-state index in [0.29, 0.717) is 12.5 Å². The largest absolute Gasteiger partial charge is 0.355 e. The van der Waals surface area contributed by atoms with Gasteiger partial charge in [0.05, 0.1) is 5.69 Å². The van der Waals surface area contributed by atoms with Crippen molar-refractivity contribution in [3.8, 4) is 0 Å². The highest BCUT2D eigenvalue weighted by Crippen LogP contribution is 2.49. The van der Waals surface area contributed by atoms with Crippen molar-refractivity contribution in [1.29, 1.82) is 0 Å². The highest BCUT2D eigenvalue weighted by Gasteiger charge is 2.44. The summed E-state index contributed by atoms with van der Waals surface area (Å²) in [7, 11) is 0. The lowest BCUT2D eigenvalue weighted by atomic mass is 10.2. The Balaban J connectivity index is 1.29. The van der Waals surface area contributed by atoms with Crippen LogP contribution in [0.4, 0.5) is 0 Å². The van der Waals surface area contributed by atoms with Gasteiger partial charge in [-0.15, -0.1) is 11.3 Å². The summed E-state index contributed by atoms with van der Waals surface area (Å²) in [6, 6.07) is 10.2. The molecule has 0 aromatic carbocycles. The molecule has 0 bridgehead atoms. The first kappa shape index (κ1) is 14.5. The number of pyridine rings is 1. The molecule has 1 aliphatic rings. The Labute approximate surface area is 139 Å². The molecule has 23 heavy (non-hydrogen) atoms. The van der Waals surface area contributed by atoms with Crippen LogP contribution in [0.3, 0.4) is 0 Å². The third-order valence-electron chi connectivity index (χ3n) is 4.35. The summed E-state index contributed by atoms with van der Waals surface area (Å²) in [5.74, 6) is 0.780. The number of nitrogens with zero attached hydrogens (tertiary/aromatic N) is 2. The zero-order chi connectivity index (χ0) is 15.8. The van der Waals surface area contributed by atoms with Gasteiger partial charge >= 0.3 is 0 Å². The highest BCUT2D eigenvalue weighted by atomic mass is 32.1. The molecule has 0 radical (unpaired) electrons. The van der Waals surface area contributed by atoms with Gasteiger partial charge in [0.2, 0.25) is 5.91 Å². The first-order valence-electron chi connectivity index (χ1n) is 7.97. The molecule has 118 valence electrons. The summed E-state index contributed by atoms with van der Waals surface area (Å²) in [6.07, 6.45) is 5.77. The van der Waals surface area contributed by atoms with Crippen molar-refractivity contribution in [3.05, 3.63) is 58.2 Å². The summed E-state index contributed by atoms with van der Waals surface area (Å²) < 4.78 is 2.01. The van der Waals surface area contributed by atoms with E-state index in [2.05, 4.69) is 29.4 Å². The number of nitrogens with one attached hydrogen (secondary N) is 1. The van der Waals surface area contributed by atoms with Crippen LogP contribution in [0.5, 0.6) is 0 Å². The van der Waals surface area contributed by atoms with Gasteiger partial charge in [0.25, 0.3) is 0 Å². The topological polar surface area (TPSA) is 46.4 Å². The summed E-state index contributed by atoms with van der Waals surface area (Å²) in [6.45, 7) is 2.76. The van der Waals surface area contributed by atoms with Gasteiger partial charge in [0.15, 0.2) is 0 Å². The third kappa shape index (κ3) is 3.01. The molecule has 3 aromatic heterocycles. The van der Waals surface area contributed by atoms with Gasteiger partial charge in [-0.1, -0.05) is 6.07 Å². The van der Waals surface area contributed by atoms with Crippen LogP contribution in [0.1, 0.15) is 27.8 Å². The maximum absolute atomic E-state index is 12.2. The standard InChI is InChI=1S/C18H19N3OS/c1-12-5-6-16(23-12)14-10-15(14)18(22)19-8-7-13-11-21-9-3-2-4-17(21)20-13/h2-6,9,11,14-15H,7-8,10H2,1H3,(H,19,22)/t14-,15-/m0/s1. The molecule has 0 saturated heterocycles. The lowest BCUT2D eigenvalue weighted by Gasteiger charge is -2.03. The van der Waals surface area contributed by atoms with Gasteiger partial charge < -0.3 is 9.72 Å². The summed E-state index contributed by atoms with van der Waals surface area (Å²) in [4.78, 5) is 19.4. The second-order valence-electron chi connectivity index (χ2n) is 6.14. The number of aryl methyl sites for hydroxylation is 1. The van der Waals surface area contributed by atoms with E-state index in [0.717, 1.165) is 24.2 Å². The lowest BCUT2D eigenvalue weighted by Crippen LogP contribution is -2.27. The SMILES string of the molecule is Cc1ccc([C@H]2C[C@@H]2C(=O)NCCc2cn3ccccc3n2)s1. The minimum Gasteiger partial charge on any atom is -0.355 e. The van der Waals surface area contributed by atoms with Crippen LogP contribution >= 0.6 is 11.3 Å². The zero-order valence-electron chi connectivity index (χ0n) is 13.0. The van der Waals surface area contributed by atoms with Crippen LogP contribution in [-0.2, 0) is 11.2 Å². The van der Waals surface area contributed by atoms with Crippen molar-refractivity contribution in [3.63, 3.8) is 0 Å². The Morgan fingerprint density at radius 1 is 1.39 bits per heavy atom. The summed E-state index contributed by atoms with van der Waals surface area (Å²) in [5, 5.41) is 3.06. The third-order valence-corrected chi connectivity index (χ3v) is 5.48. The molecule has 1 fully saturated rings. The van der Waals surface area contributed by atoms with Crippen molar-refractivity contribution in [2.24, 2.45) is 5.92 Å². The predicted molar refractivity (Wildman–Crippen MR) is 91.8 cm³/mol. The number of carbonyl (C=O) groups excluding carboxylic acids is 1. The lowest BCUT2D eigenvalue weighted by molar-refractivity contribution is -0.122. The van der Waals surface area contributed by atoms with E-state index in [1.807, 2.05) is 46.3 Å². The number of rotatable bonds is 5. The zero-order valence-corrected chi connectivity index (χ0v) is 13.8. The maximum atomic E-state index is 12.2. The van der Waals surface area contributed by atoms with Gasteiger partial charge in [0, 0.05) is 46.9 Å². The molecule has 0 aliphatic heterocycles. The van der Waals surface area contributed by atoms with Crippen molar-refractivity contribution in [2.75, 3.05) is 6.54 Å². The average molecular weight is 325 g/mol. The van der Waals surface area contributed by atoms with Gasteiger partial charge in [-0.3, -0.25) is 4.79 Å². The van der Waals surface area contributed by atoms with E-state index in [4.69, 9.17) is 0 Å². The Hall–Kier alpha value is -2.14. The predicted octanol–water partition coefficient (Wildman–Crippen LogP) is 3.17. The molecule has 3 heterocycles. The Kier molecular flexibility index (Phi) is 3.65. The second kappa shape index (κ2) is 5.81. The maximum Gasteiger partial charge on any atom is 0.223 e. The molecule has 3 aromatic rings. The van der Waals surface area contributed by atoms with Crippen molar-refractivity contribution in [1.82, 2.24) is 14.7 Å². The van der Waals surface area contributed by atoms with Crippen molar-refractivity contribution in [2.45, 2.75) is 25.7 Å². The first-order valence-corrected chi connectivity index (χ1v) is 8.79. The Bertz CT molecular complexity index is 818. The molecular weight excluding hydrogens is 306 g/mol. The quantitative estimate of drug-likeness (QED) is 0.783. The number of fused-ring (bicyclic) bond motifs is 1. The van der Waals surface area contributed by atoms with Crippen molar-refractivity contribution < 1.29 is 4.79 Å². The average Bonchev–Trinajstić information content (AvgIpc) is 3.05. The van der Waals surface area contributed by atoms with E-state index in [1.54, 1.807) is 0 Å². The molecule has 1 N–H and O–H groups in total. The van der Waals surface area contributed by atoms with Crippen LogP contribution < -0.4 is 5.32 Å². The van der Waals surface area contributed by atoms with Crippen LogP contribution in [0.25, 0.3) is 5.65 Å². The Morgan fingerprint density at radius 2 is 2.30 bits per heavy atom. The number of amides is 1. The summed E-state index contributed by atoms with van der Waals surface area (Å²) >= 11 is 1.81. The second-order valence-corrected chi connectivity index (χ2v) is 7.46. The number of hydrogen-bond donors (Lipinski definition) is 1. The molecule has 4 nitrogen and oxygen atoms in total. The van der Waals surface area contributed by atoms with Crippen LogP contribution in [0.2, 0.25) is 0 Å². The number of imidazole rings is 1. The molecular formula is C18H19N3OS. The molecule has 4 rings (SSSR count). The fourth-order valence-corrected chi connectivity index (χ4v) is 4.06. The minimum atomic E-state index is 0.161. The molecule has 1 aliphatic carbocycles. The van der Waals surface area contributed by atoms with Gasteiger partial charge in [-0.25, -0.2) is 4.98 Å². The monoisotopic (exact) mass is 325 g/mol. The molecule has 1 amide bonds. The molecule has 2 atom stereocenters. The van der Waals surface area contributed by atoms with Crippen LogP contribution in [-0.4, -0.2) is 21.8 Å². The number of aromatic nitrogens is 2. The molecule has 0 unspecified atom stereocenters. The fraction of sp³-hybridized carbons (Fsp3) is 0.333. The van der Waals surface area contributed by atoms with Crippen LogP contribution in [0.15, 0.2) is 42.7 Å². The number of carbonyl (C=O) groups is 1. The van der Waals surface area contributed by atoms with Gasteiger partial charge in [-0.05, 0) is 37.6 Å². The van der Waals surface area contributed by atoms with Gasteiger partial charge in [-0.2, -0.15) is 0 Å².